The molecule has 2 N–H and O–H groups in total. The minimum absolute atomic E-state index is 0.0611. The lowest BCUT2D eigenvalue weighted by molar-refractivity contribution is 0.152. The summed E-state index contributed by atoms with van der Waals surface area (Å²) in [7, 11) is 2.17. The second-order valence-corrected chi connectivity index (χ2v) is 6.97. The number of piperazine rings is 1. The number of carbonyl (C=O) groups is 1. The Morgan fingerprint density at radius 2 is 2.00 bits per heavy atom. The van der Waals surface area contributed by atoms with Crippen molar-refractivity contribution in [3.05, 3.63) is 34.9 Å². The number of urea groups is 1. The lowest BCUT2D eigenvalue weighted by Gasteiger charge is -2.32. The van der Waals surface area contributed by atoms with Crippen molar-refractivity contribution in [1.82, 2.24) is 20.4 Å². The van der Waals surface area contributed by atoms with Gasteiger partial charge in [-0.15, -0.1) is 0 Å². The highest BCUT2D eigenvalue weighted by Crippen LogP contribution is 2.17. The lowest BCUT2D eigenvalue weighted by Crippen LogP contribution is -2.44. The van der Waals surface area contributed by atoms with Gasteiger partial charge >= 0.3 is 6.03 Å². The van der Waals surface area contributed by atoms with Gasteiger partial charge in [-0.1, -0.05) is 23.7 Å². The molecule has 1 aromatic rings. The van der Waals surface area contributed by atoms with E-state index in [9.17, 15) is 4.79 Å². The number of hydrogen-bond donors (Lipinski definition) is 2. The molecule has 1 aliphatic heterocycles. The zero-order valence-electron chi connectivity index (χ0n) is 14.7. The van der Waals surface area contributed by atoms with Crippen LogP contribution in [0.5, 0.6) is 0 Å². The molecule has 134 valence electrons. The zero-order chi connectivity index (χ0) is 17.4. The van der Waals surface area contributed by atoms with Crippen molar-refractivity contribution in [2.24, 2.45) is 0 Å². The second-order valence-electron chi connectivity index (χ2n) is 6.53. The highest BCUT2D eigenvalue weighted by Gasteiger charge is 2.13. The summed E-state index contributed by atoms with van der Waals surface area (Å²) in [5.74, 6) is 0. The Morgan fingerprint density at radius 3 is 2.71 bits per heavy atom. The van der Waals surface area contributed by atoms with Crippen molar-refractivity contribution in [2.75, 3.05) is 46.3 Å². The Kier molecular flexibility index (Phi) is 7.82. The Balaban J connectivity index is 1.56. The van der Waals surface area contributed by atoms with E-state index < -0.39 is 0 Å². The predicted octanol–water partition coefficient (Wildman–Crippen LogP) is 2.73. The molecule has 2 rings (SSSR count). The van der Waals surface area contributed by atoms with Crippen molar-refractivity contribution in [3.63, 3.8) is 0 Å². The first-order valence-electron chi connectivity index (χ1n) is 8.75. The number of benzene rings is 1. The van der Waals surface area contributed by atoms with E-state index in [-0.39, 0.29) is 12.1 Å². The van der Waals surface area contributed by atoms with Crippen LogP contribution in [-0.2, 0) is 0 Å². The molecular formula is C18H29ClN4O. The first-order valence-corrected chi connectivity index (χ1v) is 9.13. The molecular weight excluding hydrogens is 324 g/mol. The maximum absolute atomic E-state index is 11.9. The molecule has 1 heterocycles. The molecule has 0 saturated carbocycles. The summed E-state index contributed by atoms with van der Waals surface area (Å²) in [6.07, 6.45) is 2.12. The van der Waals surface area contributed by atoms with Crippen LogP contribution in [-0.4, -0.2) is 62.1 Å². The molecule has 0 aliphatic carbocycles. The third-order valence-corrected chi connectivity index (χ3v) is 4.71. The van der Waals surface area contributed by atoms with Gasteiger partial charge < -0.3 is 20.4 Å². The molecule has 5 nitrogen and oxygen atoms in total. The number of unbranched alkanes of at least 4 members (excludes halogenated alkanes) is 1. The van der Waals surface area contributed by atoms with Crippen molar-refractivity contribution < 1.29 is 4.79 Å². The van der Waals surface area contributed by atoms with Crippen LogP contribution in [0, 0.1) is 0 Å². The maximum Gasteiger partial charge on any atom is 0.315 e. The van der Waals surface area contributed by atoms with Crippen molar-refractivity contribution in [1.29, 1.82) is 0 Å². The average molecular weight is 353 g/mol. The van der Waals surface area contributed by atoms with Crippen LogP contribution in [0.4, 0.5) is 4.79 Å². The van der Waals surface area contributed by atoms with Crippen LogP contribution < -0.4 is 10.6 Å². The van der Waals surface area contributed by atoms with Gasteiger partial charge in [0.15, 0.2) is 0 Å². The SMILES string of the molecule is C[C@H](NC(=O)NCCCCN1CCN(C)CC1)c1cccc(Cl)c1. The van der Waals surface area contributed by atoms with E-state index in [1.165, 1.54) is 0 Å². The second kappa shape index (κ2) is 9.87. The fourth-order valence-corrected chi connectivity index (χ4v) is 3.04. The molecule has 1 aromatic carbocycles. The van der Waals surface area contributed by atoms with Gasteiger partial charge in [-0.2, -0.15) is 0 Å². The quantitative estimate of drug-likeness (QED) is 0.742. The number of carbonyl (C=O) groups excluding carboxylic acids is 1. The molecule has 1 saturated heterocycles. The monoisotopic (exact) mass is 352 g/mol. The Bertz CT molecular complexity index is 517. The summed E-state index contributed by atoms with van der Waals surface area (Å²) in [5, 5.41) is 6.56. The number of nitrogens with one attached hydrogen (secondary N) is 2. The fourth-order valence-electron chi connectivity index (χ4n) is 2.84. The van der Waals surface area contributed by atoms with Crippen molar-refractivity contribution in [3.8, 4) is 0 Å². The zero-order valence-corrected chi connectivity index (χ0v) is 15.5. The maximum atomic E-state index is 11.9. The number of halogens is 1. The topological polar surface area (TPSA) is 47.6 Å². The molecule has 1 aliphatic rings. The molecule has 2 amide bonds. The molecule has 0 unspecified atom stereocenters. The van der Waals surface area contributed by atoms with E-state index in [0.29, 0.717) is 11.6 Å². The summed E-state index contributed by atoms with van der Waals surface area (Å²) < 4.78 is 0. The smallest absolute Gasteiger partial charge is 0.315 e. The van der Waals surface area contributed by atoms with Crippen LogP contribution in [0.25, 0.3) is 0 Å². The highest BCUT2D eigenvalue weighted by molar-refractivity contribution is 6.30. The number of amides is 2. The normalized spacial score (nSPS) is 17.5. The first kappa shape index (κ1) is 19.0. The van der Waals surface area contributed by atoms with Crippen LogP contribution in [0.2, 0.25) is 5.02 Å². The lowest BCUT2D eigenvalue weighted by atomic mass is 10.1. The third kappa shape index (κ3) is 6.67. The van der Waals surface area contributed by atoms with Gasteiger partial charge in [0.2, 0.25) is 0 Å². The molecule has 24 heavy (non-hydrogen) atoms. The third-order valence-electron chi connectivity index (χ3n) is 4.48. The largest absolute Gasteiger partial charge is 0.338 e. The minimum Gasteiger partial charge on any atom is -0.338 e. The van der Waals surface area contributed by atoms with Gasteiger partial charge in [0, 0.05) is 37.7 Å². The van der Waals surface area contributed by atoms with Crippen LogP contribution in [0.3, 0.4) is 0 Å². The van der Waals surface area contributed by atoms with Gasteiger partial charge in [-0.25, -0.2) is 4.79 Å². The van der Waals surface area contributed by atoms with E-state index in [0.717, 1.165) is 51.1 Å². The van der Waals surface area contributed by atoms with Gasteiger partial charge in [0.1, 0.15) is 0 Å². The van der Waals surface area contributed by atoms with E-state index in [4.69, 9.17) is 11.6 Å². The standard InChI is InChI=1S/C18H29ClN4O/c1-15(16-6-5-7-17(19)14-16)21-18(24)20-8-3-4-9-23-12-10-22(2)11-13-23/h5-7,14-15H,3-4,8-13H2,1-2H3,(H2,20,21,24)/t15-/m0/s1. The van der Waals surface area contributed by atoms with Gasteiger partial charge in [0.05, 0.1) is 6.04 Å². The highest BCUT2D eigenvalue weighted by atomic mass is 35.5. The van der Waals surface area contributed by atoms with Crippen LogP contribution >= 0.6 is 11.6 Å². The summed E-state index contributed by atoms with van der Waals surface area (Å²) in [6, 6.07) is 7.39. The van der Waals surface area contributed by atoms with Crippen molar-refractivity contribution >= 4 is 17.6 Å². The average Bonchev–Trinajstić information content (AvgIpc) is 2.56. The van der Waals surface area contributed by atoms with E-state index in [2.05, 4.69) is 27.5 Å². The Hall–Kier alpha value is -1.30. The number of hydrogen-bond acceptors (Lipinski definition) is 3. The fraction of sp³-hybridized carbons (Fsp3) is 0.611. The molecule has 6 heteroatoms. The van der Waals surface area contributed by atoms with E-state index in [1.807, 2.05) is 31.2 Å². The predicted molar refractivity (Wildman–Crippen MR) is 99.6 cm³/mol. The Labute approximate surface area is 150 Å². The van der Waals surface area contributed by atoms with Gasteiger partial charge in [-0.05, 0) is 51.1 Å². The summed E-state index contributed by atoms with van der Waals surface area (Å²) in [6.45, 7) is 8.41. The minimum atomic E-state index is -0.123. The molecule has 0 radical (unpaired) electrons. The number of rotatable bonds is 7. The number of likely N-dealkylation sites (N-methyl/N-ethyl adjacent to an activating group) is 1. The van der Waals surface area contributed by atoms with Gasteiger partial charge in [0.25, 0.3) is 0 Å². The van der Waals surface area contributed by atoms with E-state index in [1.54, 1.807) is 0 Å². The van der Waals surface area contributed by atoms with Crippen LogP contribution in [0.1, 0.15) is 31.4 Å². The summed E-state index contributed by atoms with van der Waals surface area (Å²) >= 11 is 5.98. The molecule has 1 atom stereocenters. The molecule has 0 bridgehead atoms. The molecule has 0 aromatic heterocycles. The van der Waals surface area contributed by atoms with Crippen LogP contribution in [0.15, 0.2) is 24.3 Å². The Morgan fingerprint density at radius 1 is 1.25 bits per heavy atom. The van der Waals surface area contributed by atoms with Crippen molar-refractivity contribution in [2.45, 2.75) is 25.8 Å². The van der Waals surface area contributed by atoms with E-state index >= 15 is 0 Å². The van der Waals surface area contributed by atoms with Gasteiger partial charge in [-0.3, -0.25) is 0 Å². The molecule has 1 fully saturated rings. The molecule has 0 spiro atoms. The first-order chi connectivity index (χ1) is 11.5. The number of nitrogens with zero attached hydrogens (tertiary/aromatic N) is 2. The summed E-state index contributed by atoms with van der Waals surface area (Å²) in [4.78, 5) is 16.8. The summed E-state index contributed by atoms with van der Waals surface area (Å²) in [5.41, 5.74) is 1.01.